The highest BCUT2D eigenvalue weighted by molar-refractivity contribution is 5.97. The molecule has 7 heteroatoms. The number of carbonyl (C=O) groups excluding carboxylic acids is 2. The zero-order valence-electron chi connectivity index (χ0n) is 12.9. The number of piperidine rings is 1. The molecule has 0 aromatic carbocycles. The van der Waals surface area contributed by atoms with E-state index in [1.54, 1.807) is 16.9 Å². The van der Waals surface area contributed by atoms with Crippen molar-refractivity contribution in [2.24, 2.45) is 7.05 Å². The molecule has 2 saturated heterocycles. The summed E-state index contributed by atoms with van der Waals surface area (Å²) in [6.07, 6.45) is 8.49. The Labute approximate surface area is 133 Å². The third kappa shape index (κ3) is 2.23. The molecule has 2 fully saturated rings. The zero-order chi connectivity index (χ0) is 16.0. The van der Waals surface area contributed by atoms with E-state index in [1.165, 1.54) is 12.5 Å². The van der Waals surface area contributed by atoms with Gasteiger partial charge in [0.15, 0.2) is 0 Å². The summed E-state index contributed by atoms with van der Waals surface area (Å²) < 4.78 is 6.71. The highest BCUT2D eigenvalue weighted by Crippen LogP contribution is 2.35. The number of aryl methyl sites for hydroxylation is 1. The number of furan rings is 1. The van der Waals surface area contributed by atoms with Gasteiger partial charge in [-0.25, -0.2) is 0 Å². The lowest BCUT2D eigenvalue weighted by molar-refractivity contribution is -0.120. The Hall–Kier alpha value is -2.57. The van der Waals surface area contributed by atoms with Crippen LogP contribution in [0.2, 0.25) is 0 Å². The predicted molar refractivity (Wildman–Crippen MR) is 81.9 cm³/mol. The molecule has 2 aromatic heterocycles. The van der Waals surface area contributed by atoms with Crippen molar-refractivity contribution in [1.82, 2.24) is 14.7 Å². The summed E-state index contributed by atoms with van der Waals surface area (Å²) in [5.41, 5.74) is 1.38. The molecule has 4 rings (SSSR count). The van der Waals surface area contributed by atoms with Crippen LogP contribution in [0.5, 0.6) is 0 Å². The molecular weight excluding hydrogens is 296 g/mol. The first-order valence-electron chi connectivity index (χ1n) is 7.79. The molecule has 0 radical (unpaired) electrons. The minimum absolute atomic E-state index is 0.0215. The van der Waals surface area contributed by atoms with Gasteiger partial charge in [-0.3, -0.25) is 14.3 Å². The van der Waals surface area contributed by atoms with Crippen molar-refractivity contribution in [2.45, 2.75) is 31.3 Å². The van der Waals surface area contributed by atoms with E-state index >= 15 is 0 Å². The number of nitrogens with zero attached hydrogens (tertiary/aromatic N) is 4. The molecule has 2 amide bonds. The Morgan fingerprint density at radius 2 is 2.22 bits per heavy atom. The Kier molecular flexibility index (Phi) is 3.21. The van der Waals surface area contributed by atoms with Crippen LogP contribution in [0.1, 0.15) is 29.6 Å². The second kappa shape index (κ2) is 5.26. The Morgan fingerprint density at radius 1 is 1.35 bits per heavy atom. The monoisotopic (exact) mass is 314 g/mol. The standard InChI is InChI=1S/C16H18N4O3/c1-18-9-12(8-17-18)20-14-4-6-19(13(14)2-3-15(20)21)16(22)11-5-7-23-10-11/h5,7-10,13-14H,2-4,6H2,1H3. The molecule has 0 bridgehead atoms. The van der Waals surface area contributed by atoms with Gasteiger partial charge in [-0.15, -0.1) is 0 Å². The van der Waals surface area contributed by atoms with E-state index in [0.29, 0.717) is 24.9 Å². The molecule has 7 nitrogen and oxygen atoms in total. The Balaban J connectivity index is 1.61. The van der Waals surface area contributed by atoms with Crippen molar-refractivity contribution >= 4 is 17.5 Å². The van der Waals surface area contributed by atoms with Crippen LogP contribution in [0, 0.1) is 0 Å². The van der Waals surface area contributed by atoms with E-state index < -0.39 is 0 Å². The van der Waals surface area contributed by atoms with E-state index in [4.69, 9.17) is 4.42 Å². The van der Waals surface area contributed by atoms with Crippen LogP contribution >= 0.6 is 0 Å². The fourth-order valence-electron chi connectivity index (χ4n) is 3.74. The Morgan fingerprint density at radius 3 is 2.91 bits per heavy atom. The first kappa shape index (κ1) is 14.0. The van der Waals surface area contributed by atoms with Crippen LogP contribution in [0.3, 0.4) is 0 Å². The van der Waals surface area contributed by atoms with Crippen LogP contribution in [-0.4, -0.2) is 45.1 Å². The molecule has 0 aliphatic carbocycles. The summed E-state index contributed by atoms with van der Waals surface area (Å²) in [7, 11) is 1.83. The van der Waals surface area contributed by atoms with Crippen molar-refractivity contribution < 1.29 is 14.0 Å². The zero-order valence-corrected chi connectivity index (χ0v) is 12.9. The normalized spacial score (nSPS) is 24.1. The smallest absolute Gasteiger partial charge is 0.257 e. The van der Waals surface area contributed by atoms with Gasteiger partial charge in [0.05, 0.1) is 35.8 Å². The number of likely N-dealkylation sites (tertiary alicyclic amines) is 1. The van der Waals surface area contributed by atoms with Crippen molar-refractivity contribution in [3.8, 4) is 0 Å². The number of rotatable bonds is 2. The number of fused-ring (bicyclic) bond motifs is 1. The molecule has 4 heterocycles. The van der Waals surface area contributed by atoms with Gasteiger partial charge >= 0.3 is 0 Å². The minimum Gasteiger partial charge on any atom is -0.472 e. The summed E-state index contributed by atoms with van der Waals surface area (Å²) >= 11 is 0. The number of anilines is 1. The molecule has 2 unspecified atom stereocenters. The average Bonchev–Trinajstić information content (AvgIpc) is 3.26. The maximum atomic E-state index is 12.6. The topological polar surface area (TPSA) is 71.6 Å². The maximum Gasteiger partial charge on any atom is 0.257 e. The lowest BCUT2D eigenvalue weighted by Crippen LogP contribution is -2.53. The molecule has 23 heavy (non-hydrogen) atoms. The number of hydrogen-bond acceptors (Lipinski definition) is 4. The average molecular weight is 314 g/mol. The van der Waals surface area contributed by atoms with E-state index in [0.717, 1.165) is 12.1 Å². The summed E-state index contributed by atoms with van der Waals surface area (Å²) in [6.45, 7) is 0.656. The molecule has 0 N–H and O–H groups in total. The summed E-state index contributed by atoms with van der Waals surface area (Å²) in [5.74, 6) is 0.0867. The maximum absolute atomic E-state index is 12.6. The number of aromatic nitrogens is 2. The van der Waals surface area contributed by atoms with Crippen molar-refractivity contribution in [1.29, 1.82) is 0 Å². The van der Waals surface area contributed by atoms with E-state index in [-0.39, 0.29) is 23.9 Å². The Bertz CT molecular complexity index is 736. The van der Waals surface area contributed by atoms with Gasteiger partial charge in [0.1, 0.15) is 6.26 Å². The molecular formula is C16H18N4O3. The SMILES string of the molecule is Cn1cc(N2C(=O)CCC3C2CCN3C(=O)c2ccoc2)cn1. The van der Waals surface area contributed by atoms with Crippen LogP contribution in [0.25, 0.3) is 0 Å². The van der Waals surface area contributed by atoms with Crippen molar-refractivity contribution in [2.75, 3.05) is 11.4 Å². The molecule has 0 spiro atoms. The van der Waals surface area contributed by atoms with Gasteiger partial charge in [-0.2, -0.15) is 5.10 Å². The molecule has 0 saturated carbocycles. The van der Waals surface area contributed by atoms with Crippen LogP contribution < -0.4 is 4.90 Å². The lowest BCUT2D eigenvalue weighted by atomic mass is 9.95. The molecule has 2 aromatic rings. The number of carbonyl (C=O) groups is 2. The van der Waals surface area contributed by atoms with Crippen LogP contribution in [-0.2, 0) is 11.8 Å². The first-order valence-corrected chi connectivity index (χ1v) is 7.79. The van der Waals surface area contributed by atoms with E-state index in [1.807, 2.05) is 23.0 Å². The number of hydrogen-bond donors (Lipinski definition) is 0. The van der Waals surface area contributed by atoms with Gasteiger partial charge in [0.2, 0.25) is 5.91 Å². The van der Waals surface area contributed by atoms with Crippen molar-refractivity contribution in [3.63, 3.8) is 0 Å². The van der Waals surface area contributed by atoms with Gasteiger partial charge < -0.3 is 14.2 Å². The largest absolute Gasteiger partial charge is 0.472 e. The second-order valence-corrected chi connectivity index (χ2v) is 6.11. The molecule has 2 aliphatic rings. The molecule has 2 aliphatic heterocycles. The highest BCUT2D eigenvalue weighted by Gasteiger charge is 2.45. The lowest BCUT2D eigenvalue weighted by Gasteiger charge is -2.38. The summed E-state index contributed by atoms with van der Waals surface area (Å²) in [6, 6.07) is 1.76. The van der Waals surface area contributed by atoms with Gasteiger partial charge in [0, 0.05) is 26.2 Å². The second-order valence-electron chi connectivity index (χ2n) is 6.11. The summed E-state index contributed by atoms with van der Waals surface area (Å²) in [5, 5.41) is 4.17. The quantitative estimate of drug-likeness (QED) is 0.840. The molecule has 2 atom stereocenters. The summed E-state index contributed by atoms with van der Waals surface area (Å²) in [4.78, 5) is 28.8. The number of amides is 2. The van der Waals surface area contributed by atoms with Crippen LogP contribution in [0.4, 0.5) is 5.69 Å². The minimum atomic E-state index is -0.0215. The van der Waals surface area contributed by atoms with Crippen molar-refractivity contribution in [3.05, 3.63) is 36.5 Å². The fraction of sp³-hybridized carbons (Fsp3) is 0.438. The van der Waals surface area contributed by atoms with Gasteiger partial charge in [-0.05, 0) is 18.9 Å². The van der Waals surface area contributed by atoms with E-state index in [9.17, 15) is 9.59 Å². The first-order chi connectivity index (χ1) is 11.1. The van der Waals surface area contributed by atoms with E-state index in [2.05, 4.69) is 5.10 Å². The third-order valence-electron chi connectivity index (χ3n) is 4.76. The predicted octanol–water partition coefficient (Wildman–Crippen LogP) is 1.42. The van der Waals surface area contributed by atoms with Crippen LogP contribution in [0.15, 0.2) is 35.4 Å². The highest BCUT2D eigenvalue weighted by atomic mass is 16.3. The fourth-order valence-corrected chi connectivity index (χ4v) is 3.74. The molecule has 120 valence electrons. The third-order valence-corrected chi connectivity index (χ3v) is 4.76. The van der Waals surface area contributed by atoms with Gasteiger partial charge in [0.25, 0.3) is 5.91 Å². The van der Waals surface area contributed by atoms with Gasteiger partial charge in [-0.1, -0.05) is 0 Å².